The van der Waals surface area contributed by atoms with Crippen LogP contribution in [0.1, 0.15) is 26.2 Å². The van der Waals surface area contributed by atoms with E-state index < -0.39 is 0 Å². The molecule has 0 bridgehead atoms. The molecular weight excluding hydrogens is 254 g/mol. The Morgan fingerprint density at radius 2 is 1.75 bits per heavy atom. The lowest BCUT2D eigenvalue weighted by Gasteiger charge is -2.13. The maximum absolute atomic E-state index is 11.7. The van der Waals surface area contributed by atoms with Gasteiger partial charge in [-0.05, 0) is 30.7 Å². The normalized spacial score (nSPS) is 9.95. The predicted octanol–water partition coefficient (Wildman–Crippen LogP) is 2.00. The molecule has 0 aliphatic heterocycles. The summed E-state index contributed by atoms with van der Waals surface area (Å²) in [5.74, 6) is -0.294. The van der Waals surface area contributed by atoms with E-state index in [0.717, 1.165) is 24.2 Å². The summed E-state index contributed by atoms with van der Waals surface area (Å²) >= 11 is 0. The summed E-state index contributed by atoms with van der Waals surface area (Å²) in [6.45, 7) is 2.04. The van der Waals surface area contributed by atoms with Gasteiger partial charge < -0.3 is 15.5 Å². The first-order valence-corrected chi connectivity index (χ1v) is 6.87. The van der Waals surface area contributed by atoms with Gasteiger partial charge in [-0.15, -0.1) is 0 Å². The third-order valence-electron chi connectivity index (χ3n) is 2.87. The van der Waals surface area contributed by atoms with Gasteiger partial charge >= 0.3 is 0 Å². The highest BCUT2D eigenvalue weighted by Crippen LogP contribution is 2.15. The summed E-state index contributed by atoms with van der Waals surface area (Å²) < 4.78 is 0. The second kappa shape index (κ2) is 8.19. The monoisotopic (exact) mass is 277 g/mol. The molecule has 20 heavy (non-hydrogen) atoms. The first kappa shape index (κ1) is 16.0. The predicted molar refractivity (Wildman–Crippen MR) is 81.9 cm³/mol. The van der Waals surface area contributed by atoms with Gasteiger partial charge in [0.15, 0.2) is 0 Å². The number of carbonyl (C=O) groups is 2. The Kier molecular flexibility index (Phi) is 6.56. The summed E-state index contributed by atoms with van der Waals surface area (Å²) in [4.78, 5) is 25.0. The number of carbonyl (C=O) groups excluding carboxylic acids is 2. The Bertz CT molecular complexity index is 441. The summed E-state index contributed by atoms with van der Waals surface area (Å²) in [5.41, 5.74) is 1.79. The summed E-state index contributed by atoms with van der Waals surface area (Å²) in [6.07, 6.45) is 2.29. The van der Waals surface area contributed by atoms with Gasteiger partial charge in [0.05, 0.1) is 6.54 Å². The molecule has 0 aliphatic rings. The van der Waals surface area contributed by atoms with Crippen molar-refractivity contribution >= 4 is 23.2 Å². The number of unbranched alkanes of at least 4 members (excludes halogenated alkanes) is 1. The summed E-state index contributed by atoms with van der Waals surface area (Å²) in [7, 11) is 3.92. The zero-order valence-electron chi connectivity index (χ0n) is 12.4. The number of hydrogen-bond acceptors (Lipinski definition) is 3. The van der Waals surface area contributed by atoms with Crippen LogP contribution >= 0.6 is 0 Å². The molecule has 0 saturated carbocycles. The number of benzene rings is 1. The van der Waals surface area contributed by atoms with Gasteiger partial charge in [0, 0.05) is 31.9 Å². The fourth-order valence-electron chi connectivity index (χ4n) is 1.65. The molecule has 0 saturated heterocycles. The van der Waals surface area contributed by atoms with E-state index in [-0.39, 0.29) is 18.4 Å². The average Bonchev–Trinajstić information content (AvgIpc) is 2.43. The SMILES string of the molecule is CCCCC(=O)NCC(=O)Nc1ccc(N(C)C)cc1. The number of anilines is 2. The Morgan fingerprint density at radius 3 is 2.30 bits per heavy atom. The first-order chi connectivity index (χ1) is 9.52. The van der Waals surface area contributed by atoms with Crippen LogP contribution in [-0.4, -0.2) is 32.5 Å². The Morgan fingerprint density at radius 1 is 1.10 bits per heavy atom. The average molecular weight is 277 g/mol. The second-order valence-corrected chi connectivity index (χ2v) is 4.87. The van der Waals surface area contributed by atoms with Gasteiger partial charge in [0.1, 0.15) is 0 Å². The minimum absolute atomic E-state index is 0.0119. The molecule has 0 fully saturated rings. The second-order valence-electron chi connectivity index (χ2n) is 4.87. The number of nitrogens with one attached hydrogen (secondary N) is 2. The topological polar surface area (TPSA) is 61.4 Å². The molecule has 0 atom stereocenters. The van der Waals surface area contributed by atoms with Crippen molar-refractivity contribution in [3.05, 3.63) is 24.3 Å². The molecule has 5 nitrogen and oxygen atoms in total. The number of hydrogen-bond donors (Lipinski definition) is 2. The quantitative estimate of drug-likeness (QED) is 0.801. The first-order valence-electron chi connectivity index (χ1n) is 6.87. The molecular formula is C15H23N3O2. The Labute approximate surface area is 120 Å². The van der Waals surface area contributed by atoms with Gasteiger partial charge in [-0.3, -0.25) is 9.59 Å². The van der Waals surface area contributed by atoms with Crippen molar-refractivity contribution in [2.75, 3.05) is 30.9 Å². The molecule has 1 aromatic carbocycles. The number of nitrogens with zero attached hydrogens (tertiary/aromatic N) is 1. The van der Waals surface area contributed by atoms with Crippen molar-refractivity contribution in [1.82, 2.24) is 5.32 Å². The van der Waals surface area contributed by atoms with Crippen LogP contribution in [0.4, 0.5) is 11.4 Å². The lowest BCUT2D eigenvalue weighted by atomic mass is 10.2. The van der Waals surface area contributed by atoms with Gasteiger partial charge in [-0.25, -0.2) is 0 Å². The molecule has 0 heterocycles. The van der Waals surface area contributed by atoms with E-state index in [4.69, 9.17) is 0 Å². The molecule has 110 valence electrons. The molecule has 0 spiro atoms. The lowest BCUT2D eigenvalue weighted by Crippen LogP contribution is -2.32. The minimum atomic E-state index is -0.215. The van der Waals surface area contributed by atoms with Crippen molar-refractivity contribution in [3.8, 4) is 0 Å². The van der Waals surface area contributed by atoms with Crippen LogP contribution in [0.2, 0.25) is 0 Å². The van der Waals surface area contributed by atoms with Gasteiger partial charge in [0.2, 0.25) is 11.8 Å². The Balaban J connectivity index is 2.36. The van der Waals surface area contributed by atoms with Crippen LogP contribution in [0.5, 0.6) is 0 Å². The minimum Gasteiger partial charge on any atom is -0.378 e. The van der Waals surface area contributed by atoms with Gasteiger partial charge in [0.25, 0.3) is 0 Å². The van der Waals surface area contributed by atoms with E-state index in [2.05, 4.69) is 10.6 Å². The Hall–Kier alpha value is -2.04. The van der Waals surface area contributed by atoms with Crippen molar-refractivity contribution in [1.29, 1.82) is 0 Å². The highest BCUT2D eigenvalue weighted by Gasteiger charge is 2.05. The maximum Gasteiger partial charge on any atom is 0.243 e. The van der Waals surface area contributed by atoms with Gasteiger partial charge in [-0.2, -0.15) is 0 Å². The van der Waals surface area contributed by atoms with E-state index >= 15 is 0 Å². The maximum atomic E-state index is 11.7. The van der Waals surface area contributed by atoms with E-state index in [0.29, 0.717) is 6.42 Å². The van der Waals surface area contributed by atoms with Crippen LogP contribution in [0.15, 0.2) is 24.3 Å². The molecule has 0 aromatic heterocycles. The van der Waals surface area contributed by atoms with E-state index in [1.54, 1.807) is 0 Å². The van der Waals surface area contributed by atoms with E-state index in [1.165, 1.54) is 0 Å². The standard InChI is InChI=1S/C15H23N3O2/c1-4-5-6-14(19)16-11-15(20)17-12-7-9-13(10-8-12)18(2)3/h7-10H,4-6,11H2,1-3H3,(H,16,19)(H,17,20). The number of rotatable bonds is 7. The molecule has 5 heteroatoms. The molecule has 0 unspecified atom stereocenters. The zero-order chi connectivity index (χ0) is 15.0. The third-order valence-corrected chi connectivity index (χ3v) is 2.87. The molecule has 1 rings (SSSR count). The highest BCUT2D eigenvalue weighted by molar-refractivity contribution is 5.94. The fraction of sp³-hybridized carbons (Fsp3) is 0.467. The highest BCUT2D eigenvalue weighted by atomic mass is 16.2. The molecule has 2 N–H and O–H groups in total. The largest absolute Gasteiger partial charge is 0.378 e. The van der Waals surface area contributed by atoms with Crippen LogP contribution in [0, 0.1) is 0 Å². The van der Waals surface area contributed by atoms with Crippen molar-refractivity contribution in [3.63, 3.8) is 0 Å². The smallest absolute Gasteiger partial charge is 0.243 e. The molecule has 0 aliphatic carbocycles. The van der Waals surface area contributed by atoms with Crippen molar-refractivity contribution in [2.45, 2.75) is 26.2 Å². The molecule has 0 radical (unpaired) electrons. The lowest BCUT2D eigenvalue weighted by molar-refractivity contribution is -0.124. The summed E-state index contributed by atoms with van der Waals surface area (Å²) in [5, 5.41) is 5.36. The van der Waals surface area contributed by atoms with E-state index in [1.807, 2.05) is 50.2 Å². The van der Waals surface area contributed by atoms with Crippen LogP contribution < -0.4 is 15.5 Å². The van der Waals surface area contributed by atoms with Crippen LogP contribution in [0.3, 0.4) is 0 Å². The van der Waals surface area contributed by atoms with Crippen LogP contribution in [-0.2, 0) is 9.59 Å². The number of amides is 2. The van der Waals surface area contributed by atoms with Crippen LogP contribution in [0.25, 0.3) is 0 Å². The fourth-order valence-corrected chi connectivity index (χ4v) is 1.65. The molecule has 1 aromatic rings. The van der Waals surface area contributed by atoms with Gasteiger partial charge in [-0.1, -0.05) is 13.3 Å². The third kappa shape index (κ3) is 5.73. The molecule has 2 amide bonds. The van der Waals surface area contributed by atoms with Crippen molar-refractivity contribution < 1.29 is 9.59 Å². The summed E-state index contributed by atoms with van der Waals surface area (Å²) in [6, 6.07) is 7.53. The van der Waals surface area contributed by atoms with Crippen molar-refractivity contribution in [2.24, 2.45) is 0 Å². The van der Waals surface area contributed by atoms with E-state index in [9.17, 15) is 9.59 Å². The zero-order valence-corrected chi connectivity index (χ0v) is 12.4.